The molecule has 2 atom stereocenters. The van der Waals surface area contributed by atoms with Crippen LogP contribution in [0.15, 0.2) is 0 Å². The van der Waals surface area contributed by atoms with Gasteiger partial charge in [-0.1, -0.05) is 13.3 Å². The summed E-state index contributed by atoms with van der Waals surface area (Å²) in [4.78, 5) is 2.11. The third-order valence-electron chi connectivity index (χ3n) is 3.86. The molecular weight excluding hydrogens is 274 g/mol. The number of hydrogen-bond donors (Lipinski definition) is 0. The van der Waals surface area contributed by atoms with E-state index in [4.69, 9.17) is 5.26 Å². The first-order valence-electron chi connectivity index (χ1n) is 7.39. The van der Waals surface area contributed by atoms with Crippen LogP contribution in [0.4, 0.5) is 0 Å². The van der Waals surface area contributed by atoms with E-state index in [9.17, 15) is 8.42 Å². The Kier molecular flexibility index (Phi) is 6.93. The van der Waals surface area contributed by atoms with Gasteiger partial charge in [0.2, 0.25) is 10.0 Å². The number of nitrogens with zero attached hydrogens (tertiary/aromatic N) is 3. The SMILES string of the molecule is CC(CN(C)C)C1CCCCN1S(=O)(=O)CCCC#N. The molecule has 6 heteroatoms. The van der Waals surface area contributed by atoms with Crippen LogP contribution in [0.5, 0.6) is 0 Å². The Bertz CT molecular complexity index is 428. The van der Waals surface area contributed by atoms with Gasteiger partial charge in [0, 0.05) is 25.6 Å². The fraction of sp³-hybridized carbons (Fsp3) is 0.929. The van der Waals surface area contributed by atoms with Crippen LogP contribution in [0.1, 0.15) is 39.0 Å². The lowest BCUT2D eigenvalue weighted by atomic mass is 9.93. The zero-order valence-electron chi connectivity index (χ0n) is 12.9. The summed E-state index contributed by atoms with van der Waals surface area (Å²) in [6.45, 7) is 3.67. The highest BCUT2D eigenvalue weighted by Gasteiger charge is 2.34. The topological polar surface area (TPSA) is 64.4 Å². The first-order valence-corrected chi connectivity index (χ1v) is 9.00. The van der Waals surface area contributed by atoms with Crippen molar-refractivity contribution in [3.63, 3.8) is 0 Å². The minimum absolute atomic E-state index is 0.103. The van der Waals surface area contributed by atoms with Crippen molar-refractivity contribution in [1.82, 2.24) is 9.21 Å². The van der Waals surface area contributed by atoms with Crippen molar-refractivity contribution in [3.05, 3.63) is 0 Å². The molecule has 5 nitrogen and oxygen atoms in total. The predicted octanol–water partition coefficient (Wildman–Crippen LogP) is 1.67. The molecule has 0 aliphatic carbocycles. The lowest BCUT2D eigenvalue weighted by Crippen LogP contribution is -2.49. The predicted molar refractivity (Wildman–Crippen MR) is 80.7 cm³/mol. The van der Waals surface area contributed by atoms with E-state index in [1.807, 2.05) is 20.2 Å². The zero-order valence-corrected chi connectivity index (χ0v) is 13.7. The molecule has 0 aromatic carbocycles. The van der Waals surface area contributed by atoms with Gasteiger partial charge in [-0.15, -0.1) is 0 Å². The van der Waals surface area contributed by atoms with Gasteiger partial charge in [-0.25, -0.2) is 8.42 Å². The molecule has 0 radical (unpaired) electrons. The molecule has 1 aliphatic rings. The highest BCUT2D eigenvalue weighted by Crippen LogP contribution is 2.27. The number of unbranched alkanes of at least 4 members (excludes halogenated alkanes) is 1. The van der Waals surface area contributed by atoms with Crippen molar-refractivity contribution >= 4 is 10.0 Å². The molecule has 0 aromatic rings. The molecule has 20 heavy (non-hydrogen) atoms. The largest absolute Gasteiger partial charge is 0.309 e. The fourth-order valence-electron chi connectivity index (χ4n) is 2.99. The fourth-order valence-corrected chi connectivity index (χ4v) is 4.87. The first kappa shape index (κ1) is 17.4. The molecule has 2 unspecified atom stereocenters. The maximum Gasteiger partial charge on any atom is 0.214 e. The molecule has 1 heterocycles. The Morgan fingerprint density at radius 3 is 2.70 bits per heavy atom. The molecule has 0 aromatic heterocycles. The van der Waals surface area contributed by atoms with E-state index in [0.717, 1.165) is 25.8 Å². The monoisotopic (exact) mass is 301 g/mol. The average molecular weight is 301 g/mol. The standard InChI is InChI=1S/C14H27N3O2S/c1-13(12-16(2)3)14-8-4-6-10-17(14)20(18,19)11-7-5-9-15/h13-14H,4-8,10-12H2,1-3H3. The Morgan fingerprint density at radius 1 is 1.40 bits per heavy atom. The summed E-state index contributed by atoms with van der Waals surface area (Å²) in [6, 6.07) is 2.12. The van der Waals surface area contributed by atoms with Gasteiger partial charge in [0.05, 0.1) is 11.8 Å². The van der Waals surface area contributed by atoms with Gasteiger partial charge in [-0.05, 0) is 39.3 Å². The van der Waals surface area contributed by atoms with Crippen molar-refractivity contribution in [2.45, 2.75) is 45.1 Å². The van der Waals surface area contributed by atoms with Crippen molar-refractivity contribution in [1.29, 1.82) is 5.26 Å². The summed E-state index contributed by atoms with van der Waals surface area (Å²) in [5.74, 6) is 0.433. The minimum Gasteiger partial charge on any atom is -0.309 e. The smallest absolute Gasteiger partial charge is 0.214 e. The molecule has 0 spiro atoms. The molecular formula is C14H27N3O2S. The Morgan fingerprint density at radius 2 is 2.10 bits per heavy atom. The van der Waals surface area contributed by atoms with Gasteiger partial charge in [0.1, 0.15) is 0 Å². The maximum absolute atomic E-state index is 12.5. The van der Waals surface area contributed by atoms with Crippen molar-refractivity contribution in [2.75, 3.05) is 32.9 Å². The second kappa shape index (κ2) is 7.96. The van der Waals surface area contributed by atoms with Crippen molar-refractivity contribution < 1.29 is 8.42 Å². The quantitative estimate of drug-likeness (QED) is 0.671. The van der Waals surface area contributed by atoms with Crippen LogP contribution in [0, 0.1) is 17.2 Å². The van der Waals surface area contributed by atoms with Gasteiger partial charge in [-0.3, -0.25) is 0 Å². The molecule has 0 saturated carbocycles. The summed E-state index contributed by atoms with van der Waals surface area (Å²) in [6.07, 6.45) is 3.75. The van der Waals surface area contributed by atoms with Crippen LogP contribution < -0.4 is 0 Å². The Balaban J connectivity index is 2.75. The van der Waals surface area contributed by atoms with Gasteiger partial charge in [-0.2, -0.15) is 9.57 Å². The lowest BCUT2D eigenvalue weighted by molar-refractivity contribution is 0.168. The summed E-state index contributed by atoms with van der Waals surface area (Å²) in [5.41, 5.74) is 0. The van der Waals surface area contributed by atoms with E-state index >= 15 is 0 Å². The summed E-state index contributed by atoms with van der Waals surface area (Å²) in [5, 5.41) is 8.55. The second-order valence-corrected chi connectivity index (χ2v) is 8.03. The third kappa shape index (κ3) is 5.04. The van der Waals surface area contributed by atoms with Crippen LogP contribution in [0.3, 0.4) is 0 Å². The summed E-state index contributed by atoms with van der Waals surface area (Å²) in [7, 11) is 0.816. The summed E-state index contributed by atoms with van der Waals surface area (Å²) >= 11 is 0. The molecule has 1 aliphatic heterocycles. The van der Waals surface area contributed by atoms with E-state index in [1.54, 1.807) is 4.31 Å². The first-order chi connectivity index (χ1) is 9.38. The molecule has 1 fully saturated rings. The van der Waals surface area contributed by atoms with Crippen LogP contribution >= 0.6 is 0 Å². The van der Waals surface area contributed by atoms with E-state index in [-0.39, 0.29) is 11.8 Å². The normalized spacial score (nSPS) is 22.6. The van der Waals surface area contributed by atoms with Gasteiger partial charge < -0.3 is 4.90 Å². The third-order valence-corrected chi connectivity index (χ3v) is 5.83. The van der Waals surface area contributed by atoms with E-state index < -0.39 is 10.0 Å². The van der Waals surface area contributed by atoms with E-state index in [0.29, 0.717) is 25.3 Å². The highest BCUT2D eigenvalue weighted by molar-refractivity contribution is 7.89. The molecule has 0 N–H and O–H groups in total. The van der Waals surface area contributed by atoms with Crippen LogP contribution in [-0.4, -0.2) is 56.6 Å². The number of rotatable bonds is 7. The minimum atomic E-state index is -3.22. The van der Waals surface area contributed by atoms with Crippen molar-refractivity contribution in [2.24, 2.45) is 5.92 Å². The highest BCUT2D eigenvalue weighted by atomic mass is 32.2. The molecule has 116 valence electrons. The van der Waals surface area contributed by atoms with Gasteiger partial charge in [0.25, 0.3) is 0 Å². The number of sulfonamides is 1. The van der Waals surface area contributed by atoms with E-state index in [1.165, 1.54) is 0 Å². The van der Waals surface area contributed by atoms with E-state index in [2.05, 4.69) is 11.8 Å². The maximum atomic E-state index is 12.5. The molecule has 0 amide bonds. The Labute approximate surface area is 123 Å². The van der Waals surface area contributed by atoms with Crippen LogP contribution in [0.25, 0.3) is 0 Å². The van der Waals surface area contributed by atoms with Crippen molar-refractivity contribution in [3.8, 4) is 6.07 Å². The Hall–Kier alpha value is -0.640. The number of piperidine rings is 1. The summed E-state index contributed by atoms with van der Waals surface area (Å²) < 4.78 is 26.6. The molecule has 0 bridgehead atoms. The molecule has 1 saturated heterocycles. The lowest BCUT2D eigenvalue weighted by Gasteiger charge is -2.39. The van der Waals surface area contributed by atoms with Crippen LogP contribution in [-0.2, 0) is 10.0 Å². The number of hydrogen-bond acceptors (Lipinski definition) is 4. The van der Waals surface area contributed by atoms with Crippen LogP contribution in [0.2, 0.25) is 0 Å². The van der Waals surface area contributed by atoms with Gasteiger partial charge in [0.15, 0.2) is 0 Å². The number of nitriles is 1. The zero-order chi connectivity index (χ0) is 15.2. The second-order valence-electron chi connectivity index (χ2n) is 5.99. The molecule has 1 rings (SSSR count). The van der Waals surface area contributed by atoms with Gasteiger partial charge >= 0.3 is 0 Å². The average Bonchev–Trinajstić information content (AvgIpc) is 2.38.